The van der Waals surface area contributed by atoms with Crippen molar-refractivity contribution in [2.24, 2.45) is 0 Å². The molecule has 5 nitrogen and oxygen atoms in total. The van der Waals surface area contributed by atoms with Gasteiger partial charge in [-0.05, 0) is 6.92 Å². The first-order valence-electron chi connectivity index (χ1n) is 6.21. The lowest BCUT2D eigenvalue weighted by molar-refractivity contribution is -0.161. The molecule has 0 amide bonds. The van der Waals surface area contributed by atoms with Crippen LogP contribution in [-0.4, -0.2) is 56.2 Å². The maximum atomic E-state index is 8.62. The third-order valence-electron chi connectivity index (χ3n) is 3.30. The van der Waals surface area contributed by atoms with Crippen molar-refractivity contribution >= 4 is 0 Å². The topological polar surface area (TPSA) is 54.7 Å². The molecule has 0 spiro atoms. The van der Waals surface area contributed by atoms with Gasteiger partial charge in [0.25, 0.3) is 0 Å². The normalized spacial score (nSPS) is 34.7. The fourth-order valence-electron chi connectivity index (χ4n) is 2.21. The molecule has 5 heteroatoms. The molecule has 96 valence electrons. The highest BCUT2D eigenvalue weighted by Gasteiger charge is 2.37. The summed E-state index contributed by atoms with van der Waals surface area (Å²) in [4.78, 5) is 2.36. The monoisotopic (exact) mass is 240 g/mol. The molecule has 2 fully saturated rings. The van der Waals surface area contributed by atoms with Gasteiger partial charge in [0.05, 0.1) is 38.4 Å². The van der Waals surface area contributed by atoms with E-state index in [9.17, 15) is 0 Å². The van der Waals surface area contributed by atoms with Gasteiger partial charge in [-0.2, -0.15) is 5.26 Å². The molecule has 0 aliphatic carbocycles. The Labute approximate surface area is 102 Å². The third kappa shape index (κ3) is 3.65. The highest BCUT2D eigenvalue weighted by Crippen LogP contribution is 2.28. The van der Waals surface area contributed by atoms with Crippen molar-refractivity contribution in [2.75, 3.05) is 39.5 Å². The summed E-state index contributed by atoms with van der Waals surface area (Å²) >= 11 is 0. The van der Waals surface area contributed by atoms with E-state index in [0.717, 1.165) is 39.3 Å². The molecular formula is C12H20N2O3. The second kappa shape index (κ2) is 5.78. The van der Waals surface area contributed by atoms with E-state index in [2.05, 4.69) is 11.0 Å². The van der Waals surface area contributed by atoms with Gasteiger partial charge in [-0.3, -0.25) is 4.90 Å². The van der Waals surface area contributed by atoms with E-state index in [1.165, 1.54) is 0 Å². The summed E-state index contributed by atoms with van der Waals surface area (Å²) in [5, 5.41) is 8.62. The number of hydrogen-bond donors (Lipinski definition) is 0. The van der Waals surface area contributed by atoms with Crippen LogP contribution in [0.15, 0.2) is 0 Å². The molecule has 2 aliphatic heterocycles. The van der Waals surface area contributed by atoms with Crippen LogP contribution in [0.2, 0.25) is 0 Å². The predicted octanol–water partition coefficient (Wildman–Crippen LogP) is 0.754. The minimum Gasteiger partial charge on any atom is -0.379 e. The zero-order valence-electron chi connectivity index (χ0n) is 10.4. The standard InChI is InChI=1S/C12H20N2O3/c1-12(16-10-11(17-12)2-4-13)3-5-14-6-8-15-9-7-14/h11H,2-3,5-10H2,1H3. The first-order valence-corrected chi connectivity index (χ1v) is 6.21. The number of ether oxygens (including phenoxy) is 3. The van der Waals surface area contributed by atoms with Crippen molar-refractivity contribution in [1.29, 1.82) is 5.26 Å². The molecule has 0 aromatic carbocycles. The molecule has 17 heavy (non-hydrogen) atoms. The number of nitriles is 1. The third-order valence-corrected chi connectivity index (χ3v) is 3.30. The summed E-state index contributed by atoms with van der Waals surface area (Å²) in [5.74, 6) is -0.514. The molecule has 2 unspecified atom stereocenters. The molecular weight excluding hydrogens is 220 g/mol. The average molecular weight is 240 g/mol. The summed E-state index contributed by atoms with van der Waals surface area (Å²) in [6, 6.07) is 2.12. The Morgan fingerprint density at radius 2 is 2.18 bits per heavy atom. The van der Waals surface area contributed by atoms with E-state index in [0.29, 0.717) is 13.0 Å². The second-order valence-corrected chi connectivity index (χ2v) is 4.75. The van der Waals surface area contributed by atoms with Gasteiger partial charge in [0.1, 0.15) is 0 Å². The van der Waals surface area contributed by atoms with E-state index in [1.807, 2.05) is 6.92 Å². The van der Waals surface area contributed by atoms with Crippen molar-refractivity contribution < 1.29 is 14.2 Å². The van der Waals surface area contributed by atoms with E-state index >= 15 is 0 Å². The highest BCUT2D eigenvalue weighted by atomic mass is 16.7. The molecule has 0 N–H and O–H groups in total. The van der Waals surface area contributed by atoms with Crippen molar-refractivity contribution in [3.05, 3.63) is 0 Å². The Hall–Kier alpha value is -0.670. The molecule has 2 aliphatic rings. The average Bonchev–Trinajstić information content (AvgIpc) is 2.71. The second-order valence-electron chi connectivity index (χ2n) is 4.75. The Morgan fingerprint density at radius 3 is 2.88 bits per heavy atom. The minimum absolute atomic E-state index is 0.0605. The van der Waals surface area contributed by atoms with E-state index in [4.69, 9.17) is 19.5 Å². The van der Waals surface area contributed by atoms with Crippen molar-refractivity contribution in [3.63, 3.8) is 0 Å². The Balaban J connectivity index is 1.73. The summed E-state index contributed by atoms with van der Waals surface area (Å²) in [5.41, 5.74) is 0. The molecule has 2 saturated heterocycles. The van der Waals surface area contributed by atoms with Crippen LogP contribution in [0.25, 0.3) is 0 Å². The Kier molecular flexibility index (Phi) is 4.35. The van der Waals surface area contributed by atoms with Gasteiger partial charge < -0.3 is 14.2 Å². The first kappa shape index (κ1) is 12.8. The van der Waals surface area contributed by atoms with E-state index < -0.39 is 5.79 Å². The summed E-state index contributed by atoms with van der Waals surface area (Å²) in [6.07, 6.45) is 1.19. The van der Waals surface area contributed by atoms with Crippen LogP contribution in [0.1, 0.15) is 19.8 Å². The smallest absolute Gasteiger partial charge is 0.167 e. The number of nitrogens with zero attached hydrogens (tertiary/aromatic N) is 2. The molecule has 0 bridgehead atoms. The summed E-state index contributed by atoms with van der Waals surface area (Å²) in [7, 11) is 0. The van der Waals surface area contributed by atoms with Gasteiger partial charge in [0, 0.05) is 26.1 Å². The lowest BCUT2D eigenvalue weighted by Gasteiger charge is -2.30. The molecule has 2 rings (SSSR count). The zero-order valence-corrected chi connectivity index (χ0v) is 10.4. The minimum atomic E-state index is -0.514. The first-order chi connectivity index (χ1) is 8.22. The molecule has 2 atom stereocenters. The van der Waals surface area contributed by atoms with Crippen LogP contribution in [0.5, 0.6) is 0 Å². The van der Waals surface area contributed by atoms with Crippen LogP contribution < -0.4 is 0 Å². The highest BCUT2D eigenvalue weighted by molar-refractivity contribution is 4.83. The van der Waals surface area contributed by atoms with Crippen molar-refractivity contribution in [3.8, 4) is 6.07 Å². The number of rotatable bonds is 4. The van der Waals surface area contributed by atoms with Crippen LogP contribution in [0.4, 0.5) is 0 Å². The van der Waals surface area contributed by atoms with Crippen LogP contribution in [-0.2, 0) is 14.2 Å². The molecule has 0 radical (unpaired) electrons. The predicted molar refractivity (Wildman–Crippen MR) is 61.3 cm³/mol. The molecule has 2 heterocycles. The number of morpholine rings is 1. The van der Waals surface area contributed by atoms with E-state index in [-0.39, 0.29) is 6.10 Å². The fourth-order valence-corrected chi connectivity index (χ4v) is 2.21. The lowest BCUT2D eigenvalue weighted by Crippen LogP contribution is -2.40. The van der Waals surface area contributed by atoms with Gasteiger partial charge in [0.15, 0.2) is 5.79 Å². The largest absolute Gasteiger partial charge is 0.379 e. The lowest BCUT2D eigenvalue weighted by atomic mass is 10.2. The van der Waals surface area contributed by atoms with Crippen molar-refractivity contribution in [1.82, 2.24) is 4.90 Å². The van der Waals surface area contributed by atoms with Crippen LogP contribution in [0, 0.1) is 11.3 Å². The quantitative estimate of drug-likeness (QED) is 0.726. The SMILES string of the molecule is CC1(CCN2CCOCC2)OCC(CC#N)O1. The van der Waals surface area contributed by atoms with Gasteiger partial charge in [0.2, 0.25) is 0 Å². The van der Waals surface area contributed by atoms with Crippen molar-refractivity contribution in [2.45, 2.75) is 31.7 Å². The molecule has 0 aromatic heterocycles. The fraction of sp³-hybridized carbons (Fsp3) is 0.917. The van der Waals surface area contributed by atoms with Gasteiger partial charge >= 0.3 is 0 Å². The maximum absolute atomic E-state index is 8.62. The Morgan fingerprint density at radius 1 is 1.41 bits per heavy atom. The van der Waals surface area contributed by atoms with Gasteiger partial charge in [-0.15, -0.1) is 0 Å². The molecule has 0 saturated carbocycles. The summed E-state index contributed by atoms with van der Waals surface area (Å²) in [6.45, 7) is 7.05. The molecule has 0 aromatic rings. The Bertz CT molecular complexity index is 286. The van der Waals surface area contributed by atoms with Crippen LogP contribution in [0.3, 0.4) is 0 Å². The maximum Gasteiger partial charge on any atom is 0.167 e. The van der Waals surface area contributed by atoms with E-state index in [1.54, 1.807) is 0 Å². The van der Waals surface area contributed by atoms with Crippen LogP contribution >= 0.6 is 0 Å². The number of hydrogen-bond acceptors (Lipinski definition) is 5. The van der Waals surface area contributed by atoms with Gasteiger partial charge in [-0.1, -0.05) is 0 Å². The van der Waals surface area contributed by atoms with Gasteiger partial charge in [-0.25, -0.2) is 0 Å². The summed E-state index contributed by atoms with van der Waals surface area (Å²) < 4.78 is 16.7. The zero-order chi connectivity index (χ0) is 12.1.